The molecular weight excluding hydrogens is 401 g/mol. The molecule has 3 aromatic rings. The molecule has 0 saturated carbocycles. The van der Waals surface area contributed by atoms with Gasteiger partial charge in [-0.05, 0) is 48.0 Å². The number of aryl methyl sites for hydroxylation is 1. The largest absolute Gasteiger partial charge is 0.389 e. The molecule has 0 aliphatic heterocycles. The zero-order chi connectivity index (χ0) is 18.8. The summed E-state index contributed by atoms with van der Waals surface area (Å²) in [7, 11) is 0. The summed E-state index contributed by atoms with van der Waals surface area (Å²) in [5.74, 6) is -0.439. The Hall–Kier alpha value is -2.50. The van der Waals surface area contributed by atoms with Crippen molar-refractivity contribution in [3.05, 3.63) is 63.4 Å². The monoisotopic (exact) mass is 417 g/mol. The van der Waals surface area contributed by atoms with E-state index in [0.29, 0.717) is 28.9 Å². The number of aromatic nitrogens is 4. The second-order valence-corrected chi connectivity index (χ2v) is 6.61. The molecule has 1 atom stereocenters. The van der Waals surface area contributed by atoms with Crippen LogP contribution >= 0.6 is 15.9 Å². The molecule has 0 aliphatic carbocycles. The minimum absolute atomic E-state index is 0.405. The molecule has 8 heteroatoms. The van der Waals surface area contributed by atoms with Crippen LogP contribution in [0.25, 0.3) is 5.69 Å². The summed E-state index contributed by atoms with van der Waals surface area (Å²) in [6.07, 6.45) is 2.76. The minimum atomic E-state index is -0.877. The van der Waals surface area contributed by atoms with Crippen molar-refractivity contribution in [1.29, 1.82) is 5.26 Å². The van der Waals surface area contributed by atoms with Crippen molar-refractivity contribution in [3.63, 3.8) is 0 Å². The predicted octanol–water partition coefficient (Wildman–Crippen LogP) is 3.51. The summed E-state index contributed by atoms with van der Waals surface area (Å²) in [5, 5.41) is 28.1. The molecule has 26 heavy (non-hydrogen) atoms. The molecule has 134 valence electrons. The highest BCUT2D eigenvalue weighted by Crippen LogP contribution is 2.27. The number of halogens is 2. The van der Waals surface area contributed by atoms with E-state index in [2.05, 4.69) is 32.2 Å². The molecule has 3 rings (SSSR count). The van der Waals surface area contributed by atoms with Gasteiger partial charge >= 0.3 is 0 Å². The Bertz CT molecular complexity index is 986. The quantitative estimate of drug-likeness (QED) is 0.688. The summed E-state index contributed by atoms with van der Waals surface area (Å²) in [5.41, 5.74) is 2.92. The zero-order valence-corrected chi connectivity index (χ0v) is 15.9. The molecule has 0 spiro atoms. The lowest BCUT2D eigenvalue weighted by atomic mass is 10.1. The SMILES string of the molecule is CCn1ncc(Cc2c(C#N)cnn2-c2ccc(F)cc2C(C)O)c1Br. The van der Waals surface area contributed by atoms with E-state index in [9.17, 15) is 14.8 Å². The standard InChI is InChI=1S/C18H17BrFN5O/c1-3-24-18(19)12(9-22-24)6-17-13(8-21)10-23-25(17)16-5-4-14(20)7-15(16)11(2)26/h4-5,7,9-11,26H,3,6H2,1-2H3. The van der Waals surface area contributed by atoms with Gasteiger partial charge in [-0.3, -0.25) is 4.68 Å². The molecular formula is C18H17BrFN5O. The van der Waals surface area contributed by atoms with Crippen LogP contribution < -0.4 is 0 Å². The predicted molar refractivity (Wildman–Crippen MR) is 97.3 cm³/mol. The maximum atomic E-state index is 13.6. The van der Waals surface area contributed by atoms with Crippen LogP contribution in [0, 0.1) is 17.1 Å². The maximum absolute atomic E-state index is 13.6. The van der Waals surface area contributed by atoms with Gasteiger partial charge in [0, 0.05) is 24.1 Å². The number of rotatable bonds is 5. The van der Waals surface area contributed by atoms with Gasteiger partial charge in [0.1, 0.15) is 16.5 Å². The van der Waals surface area contributed by atoms with Gasteiger partial charge in [0.2, 0.25) is 0 Å². The van der Waals surface area contributed by atoms with E-state index in [1.54, 1.807) is 28.6 Å². The summed E-state index contributed by atoms with van der Waals surface area (Å²) >= 11 is 3.53. The topological polar surface area (TPSA) is 79.7 Å². The molecule has 0 bridgehead atoms. The van der Waals surface area contributed by atoms with E-state index in [0.717, 1.165) is 16.7 Å². The van der Waals surface area contributed by atoms with Crippen LogP contribution in [0.3, 0.4) is 0 Å². The van der Waals surface area contributed by atoms with E-state index in [1.807, 2.05) is 6.92 Å². The second kappa shape index (κ2) is 7.40. The lowest BCUT2D eigenvalue weighted by Gasteiger charge is -2.15. The van der Waals surface area contributed by atoms with Crippen molar-refractivity contribution in [2.45, 2.75) is 32.9 Å². The number of aliphatic hydroxyl groups is 1. The molecule has 0 amide bonds. The van der Waals surface area contributed by atoms with Gasteiger partial charge in [0.05, 0.1) is 35.4 Å². The van der Waals surface area contributed by atoms with E-state index in [1.165, 1.54) is 18.3 Å². The van der Waals surface area contributed by atoms with Gasteiger partial charge in [-0.1, -0.05) is 0 Å². The van der Waals surface area contributed by atoms with Gasteiger partial charge in [0.15, 0.2) is 0 Å². The van der Waals surface area contributed by atoms with Gasteiger partial charge in [-0.2, -0.15) is 15.5 Å². The number of benzene rings is 1. The van der Waals surface area contributed by atoms with Crippen molar-refractivity contribution in [1.82, 2.24) is 19.6 Å². The summed E-state index contributed by atoms with van der Waals surface area (Å²) in [4.78, 5) is 0. The third kappa shape index (κ3) is 3.28. The Balaban J connectivity index is 2.12. The third-order valence-corrected chi connectivity index (χ3v) is 5.08. The molecule has 0 saturated heterocycles. The van der Waals surface area contributed by atoms with Gasteiger partial charge in [0.25, 0.3) is 0 Å². The van der Waals surface area contributed by atoms with Crippen LogP contribution in [0.2, 0.25) is 0 Å². The normalized spacial score (nSPS) is 12.2. The molecule has 1 unspecified atom stereocenters. The average Bonchev–Trinajstić information content (AvgIpc) is 3.19. The van der Waals surface area contributed by atoms with Crippen molar-refractivity contribution >= 4 is 15.9 Å². The van der Waals surface area contributed by atoms with Crippen molar-refractivity contribution in [3.8, 4) is 11.8 Å². The Morgan fingerprint density at radius 2 is 2.12 bits per heavy atom. The van der Waals surface area contributed by atoms with Gasteiger partial charge < -0.3 is 5.11 Å². The van der Waals surface area contributed by atoms with E-state index in [-0.39, 0.29) is 0 Å². The van der Waals surface area contributed by atoms with Crippen LogP contribution in [0.15, 0.2) is 35.2 Å². The summed E-state index contributed by atoms with van der Waals surface area (Å²) in [6, 6.07) is 6.29. The van der Waals surface area contributed by atoms with Crippen molar-refractivity contribution < 1.29 is 9.50 Å². The minimum Gasteiger partial charge on any atom is -0.389 e. The first-order chi connectivity index (χ1) is 12.5. The molecule has 2 heterocycles. The van der Waals surface area contributed by atoms with Gasteiger partial charge in [-0.15, -0.1) is 0 Å². The highest BCUT2D eigenvalue weighted by molar-refractivity contribution is 9.10. The lowest BCUT2D eigenvalue weighted by molar-refractivity contribution is 0.198. The van der Waals surface area contributed by atoms with Crippen LogP contribution in [-0.4, -0.2) is 24.7 Å². The van der Waals surface area contributed by atoms with Crippen LogP contribution in [0.1, 0.15) is 42.3 Å². The van der Waals surface area contributed by atoms with Crippen LogP contribution in [0.5, 0.6) is 0 Å². The second-order valence-electron chi connectivity index (χ2n) is 5.86. The van der Waals surface area contributed by atoms with Crippen molar-refractivity contribution in [2.24, 2.45) is 0 Å². The fourth-order valence-electron chi connectivity index (χ4n) is 2.83. The van der Waals surface area contributed by atoms with Crippen LogP contribution in [0.4, 0.5) is 4.39 Å². The van der Waals surface area contributed by atoms with E-state index < -0.39 is 11.9 Å². The average molecular weight is 418 g/mol. The lowest BCUT2D eigenvalue weighted by Crippen LogP contribution is -2.09. The number of hydrogen-bond donors (Lipinski definition) is 1. The summed E-state index contributed by atoms with van der Waals surface area (Å²) in [6.45, 7) is 4.27. The Kier molecular flexibility index (Phi) is 5.20. The third-order valence-electron chi connectivity index (χ3n) is 4.16. The highest BCUT2D eigenvalue weighted by Gasteiger charge is 2.19. The number of nitriles is 1. The van der Waals surface area contributed by atoms with E-state index >= 15 is 0 Å². The molecule has 0 fully saturated rings. The molecule has 2 aromatic heterocycles. The number of hydrogen-bond acceptors (Lipinski definition) is 4. The first-order valence-corrected chi connectivity index (χ1v) is 8.90. The number of nitrogens with zero attached hydrogens (tertiary/aromatic N) is 5. The number of aliphatic hydroxyl groups excluding tert-OH is 1. The zero-order valence-electron chi connectivity index (χ0n) is 14.3. The smallest absolute Gasteiger partial charge is 0.123 e. The fraction of sp³-hybridized carbons (Fsp3) is 0.278. The Morgan fingerprint density at radius 3 is 2.73 bits per heavy atom. The first-order valence-electron chi connectivity index (χ1n) is 8.11. The molecule has 0 aliphatic rings. The summed E-state index contributed by atoms with van der Waals surface area (Å²) < 4.78 is 17.9. The molecule has 1 N–H and O–H groups in total. The first kappa shape index (κ1) is 18.3. The Morgan fingerprint density at radius 1 is 1.35 bits per heavy atom. The molecule has 6 nitrogen and oxygen atoms in total. The van der Waals surface area contributed by atoms with Gasteiger partial charge in [-0.25, -0.2) is 9.07 Å². The highest BCUT2D eigenvalue weighted by atomic mass is 79.9. The van der Waals surface area contributed by atoms with E-state index in [4.69, 9.17) is 0 Å². The Labute approximate surface area is 158 Å². The molecule has 1 aromatic carbocycles. The van der Waals surface area contributed by atoms with Crippen LogP contribution in [-0.2, 0) is 13.0 Å². The fourth-order valence-corrected chi connectivity index (χ4v) is 3.41. The molecule has 0 radical (unpaired) electrons. The van der Waals surface area contributed by atoms with Crippen molar-refractivity contribution in [2.75, 3.05) is 0 Å². The maximum Gasteiger partial charge on any atom is 0.123 e.